The molecular weight excluding hydrogens is 297 g/mol. The molecule has 0 spiro atoms. The maximum Gasteiger partial charge on any atom is 0.305 e. The zero-order chi connectivity index (χ0) is 15.4. The number of aryl methyl sites for hydroxylation is 1. The molecule has 7 nitrogen and oxygen atoms in total. The molecule has 2 aromatic rings. The molecule has 0 atom stereocenters. The summed E-state index contributed by atoms with van der Waals surface area (Å²) in [5, 5.41) is 19.3. The van der Waals surface area contributed by atoms with Gasteiger partial charge in [-0.25, -0.2) is 0 Å². The van der Waals surface area contributed by atoms with Crippen molar-refractivity contribution in [3.63, 3.8) is 0 Å². The third kappa shape index (κ3) is 3.37. The van der Waals surface area contributed by atoms with E-state index in [2.05, 4.69) is 10.2 Å². The first-order chi connectivity index (χ1) is 10.0. The lowest BCUT2D eigenvalue weighted by Crippen LogP contribution is -2.12. The number of halogens is 1. The molecule has 2 N–H and O–H groups in total. The Morgan fingerprint density at radius 1 is 1.48 bits per heavy atom. The molecule has 0 aliphatic carbocycles. The van der Waals surface area contributed by atoms with Crippen LogP contribution in [0, 0.1) is 22.9 Å². The van der Waals surface area contributed by atoms with Gasteiger partial charge in [0.15, 0.2) is 5.16 Å². The summed E-state index contributed by atoms with van der Waals surface area (Å²) in [6.07, 6.45) is 0. The van der Waals surface area contributed by atoms with E-state index in [1.54, 1.807) is 6.92 Å². The lowest BCUT2D eigenvalue weighted by atomic mass is 10.2. The number of nitro benzene ring substituents is 1. The molecule has 21 heavy (non-hydrogen) atoms. The third-order valence-electron chi connectivity index (χ3n) is 2.87. The van der Waals surface area contributed by atoms with Crippen molar-refractivity contribution in [2.24, 2.45) is 5.73 Å². The second-order valence-electron chi connectivity index (χ2n) is 4.27. The molecule has 0 fully saturated rings. The van der Waals surface area contributed by atoms with Gasteiger partial charge in [-0.15, -0.1) is 10.2 Å². The summed E-state index contributed by atoms with van der Waals surface area (Å²) in [5.41, 5.74) is 5.26. The Hall–Kier alpha value is -2.00. The van der Waals surface area contributed by atoms with Crippen molar-refractivity contribution >= 4 is 17.4 Å². The van der Waals surface area contributed by atoms with Crippen LogP contribution in [-0.4, -0.2) is 26.2 Å². The predicted octanol–water partition coefficient (Wildman–Crippen LogP) is 1.88. The van der Waals surface area contributed by atoms with Crippen LogP contribution in [0.4, 0.5) is 10.1 Å². The number of hydrogen-bond donors (Lipinski definition) is 1. The van der Waals surface area contributed by atoms with Crippen LogP contribution in [0.1, 0.15) is 11.4 Å². The normalized spacial score (nSPS) is 10.8. The van der Waals surface area contributed by atoms with E-state index in [1.165, 1.54) is 23.9 Å². The van der Waals surface area contributed by atoms with Crippen molar-refractivity contribution < 1.29 is 9.31 Å². The van der Waals surface area contributed by atoms with Crippen molar-refractivity contribution in [3.8, 4) is 0 Å². The van der Waals surface area contributed by atoms with Crippen molar-refractivity contribution in [2.75, 3.05) is 6.54 Å². The molecule has 0 amide bonds. The van der Waals surface area contributed by atoms with E-state index in [0.717, 1.165) is 11.9 Å². The molecule has 0 unspecified atom stereocenters. The van der Waals surface area contributed by atoms with E-state index in [0.29, 0.717) is 18.2 Å². The van der Waals surface area contributed by atoms with E-state index < -0.39 is 16.4 Å². The largest absolute Gasteiger partial charge is 0.329 e. The molecule has 9 heteroatoms. The fourth-order valence-corrected chi connectivity index (χ4v) is 2.80. The van der Waals surface area contributed by atoms with Gasteiger partial charge >= 0.3 is 5.69 Å². The van der Waals surface area contributed by atoms with Crippen LogP contribution in [0.15, 0.2) is 23.4 Å². The number of nitro groups is 1. The highest BCUT2D eigenvalue weighted by atomic mass is 32.2. The first kappa shape index (κ1) is 15.4. The summed E-state index contributed by atoms with van der Waals surface area (Å²) in [6, 6.07) is 4.13. The van der Waals surface area contributed by atoms with E-state index in [-0.39, 0.29) is 11.3 Å². The average Bonchev–Trinajstić information content (AvgIpc) is 2.79. The molecule has 1 aromatic heterocycles. The Morgan fingerprint density at radius 2 is 2.24 bits per heavy atom. The van der Waals surface area contributed by atoms with Gasteiger partial charge in [0, 0.05) is 30.5 Å². The summed E-state index contributed by atoms with van der Waals surface area (Å²) in [5.74, 6) is 0.148. The first-order valence-electron chi connectivity index (χ1n) is 6.19. The second-order valence-corrected chi connectivity index (χ2v) is 5.21. The summed E-state index contributed by atoms with van der Waals surface area (Å²) in [4.78, 5) is 9.98. The molecule has 0 saturated heterocycles. The fourth-order valence-electron chi connectivity index (χ4n) is 1.82. The van der Waals surface area contributed by atoms with Gasteiger partial charge in [0.05, 0.1) is 4.92 Å². The number of aromatic nitrogens is 3. The van der Waals surface area contributed by atoms with Crippen molar-refractivity contribution in [1.29, 1.82) is 0 Å². The van der Waals surface area contributed by atoms with Crippen molar-refractivity contribution in [3.05, 3.63) is 45.5 Å². The average molecular weight is 311 g/mol. The standard InChI is InChI=1S/C12H14FN5O2S/c1-8-15-16-12(17(8)6-5-14)21-7-9-3-2-4-10(11(9)13)18(19)20/h2-4H,5-7,14H2,1H3. The van der Waals surface area contributed by atoms with Gasteiger partial charge in [-0.1, -0.05) is 23.9 Å². The number of benzene rings is 1. The molecule has 1 heterocycles. The van der Waals surface area contributed by atoms with E-state index >= 15 is 0 Å². The number of rotatable bonds is 6. The van der Waals surface area contributed by atoms with Crippen LogP contribution in [0.25, 0.3) is 0 Å². The molecular formula is C12H14FN5O2S. The molecule has 0 aliphatic rings. The Morgan fingerprint density at radius 3 is 2.90 bits per heavy atom. The van der Waals surface area contributed by atoms with Gasteiger partial charge in [-0.2, -0.15) is 4.39 Å². The highest BCUT2D eigenvalue weighted by Gasteiger charge is 2.18. The lowest BCUT2D eigenvalue weighted by Gasteiger charge is -2.07. The number of nitrogens with zero attached hydrogens (tertiary/aromatic N) is 4. The maximum atomic E-state index is 14.0. The molecule has 0 saturated carbocycles. The van der Waals surface area contributed by atoms with E-state index in [1.807, 2.05) is 4.57 Å². The zero-order valence-electron chi connectivity index (χ0n) is 11.3. The number of nitrogens with two attached hydrogens (primary N) is 1. The Bertz CT molecular complexity index is 661. The van der Waals surface area contributed by atoms with Crippen LogP contribution in [-0.2, 0) is 12.3 Å². The van der Waals surface area contributed by atoms with Crippen LogP contribution in [0.2, 0.25) is 0 Å². The van der Waals surface area contributed by atoms with Crippen LogP contribution in [0.5, 0.6) is 0 Å². The fraction of sp³-hybridized carbons (Fsp3) is 0.333. The molecule has 0 radical (unpaired) electrons. The van der Waals surface area contributed by atoms with Gasteiger partial charge < -0.3 is 10.3 Å². The van der Waals surface area contributed by atoms with Gasteiger partial charge in [0.1, 0.15) is 5.82 Å². The first-order valence-corrected chi connectivity index (χ1v) is 7.17. The summed E-state index contributed by atoms with van der Waals surface area (Å²) < 4.78 is 15.8. The quantitative estimate of drug-likeness (QED) is 0.497. The number of hydrogen-bond acceptors (Lipinski definition) is 6. The minimum Gasteiger partial charge on any atom is -0.329 e. The van der Waals surface area contributed by atoms with E-state index in [9.17, 15) is 14.5 Å². The monoisotopic (exact) mass is 311 g/mol. The topological polar surface area (TPSA) is 99.9 Å². The molecule has 0 bridgehead atoms. The SMILES string of the molecule is Cc1nnc(SCc2cccc([N+](=O)[O-])c2F)n1CCN. The predicted molar refractivity (Wildman–Crippen MR) is 76.4 cm³/mol. The molecule has 0 aliphatic heterocycles. The Labute approximate surface area is 124 Å². The molecule has 2 rings (SSSR count). The summed E-state index contributed by atoms with van der Waals surface area (Å²) in [6.45, 7) is 2.82. The van der Waals surface area contributed by atoms with Gasteiger partial charge in [0.2, 0.25) is 5.82 Å². The van der Waals surface area contributed by atoms with E-state index in [4.69, 9.17) is 5.73 Å². The third-order valence-corrected chi connectivity index (χ3v) is 3.88. The highest BCUT2D eigenvalue weighted by molar-refractivity contribution is 7.98. The van der Waals surface area contributed by atoms with Crippen molar-refractivity contribution in [2.45, 2.75) is 24.4 Å². The minimum absolute atomic E-state index is 0.232. The van der Waals surface area contributed by atoms with Crippen molar-refractivity contribution in [1.82, 2.24) is 14.8 Å². The summed E-state index contributed by atoms with van der Waals surface area (Å²) >= 11 is 1.27. The molecule has 112 valence electrons. The van der Waals surface area contributed by atoms with Crippen LogP contribution < -0.4 is 5.73 Å². The minimum atomic E-state index is -0.809. The van der Waals surface area contributed by atoms with Gasteiger partial charge in [0.25, 0.3) is 0 Å². The Kier molecular flexibility index (Phi) is 4.86. The maximum absolute atomic E-state index is 14.0. The number of thioether (sulfide) groups is 1. The molecule has 1 aromatic carbocycles. The summed E-state index contributed by atoms with van der Waals surface area (Å²) in [7, 11) is 0. The highest BCUT2D eigenvalue weighted by Crippen LogP contribution is 2.27. The van der Waals surface area contributed by atoms with Gasteiger partial charge in [-0.05, 0) is 6.92 Å². The Balaban J connectivity index is 2.17. The second kappa shape index (κ2) is 6.64. The van der Waals surface area contributed by atoms with Crippen LogP contribution in [0.3, 0.4) is 0 Å². The zero-order valence-corrected chi connectivity index (χ0v) is 12.1. The van der Waals surface area contributed by atoms with Crippen LogP contribution >= 0.6 is 11.8 Å². The lowest BCUT2D eigenvalue weighted by molar-refractivity contribution is -0.387. The van der Waals surface area contributed by atoms with Gasteiger partial charge in [-0.3, -0.25) is 10.1 Å². The smallest absolute Gasteiger partial charge is 0.305 e.